The lowest BCUT2D eigenvalue weighted by atomic mass is 10.1. The number of benzene rings is 1. The smallest absolute Gasteiger partial charge is 0.268 e. The maximum absolute atomic E-state index is 12.8. The molecule has 0 unspecified atom stereocenters. The van der Waals surface area contributed by atoms with E-state index in [4.69, 9.17) is 11.6 Å². The maximum Gasteiger partial charge on any atom is 0.268 e. The van der Waals surface area contributed by atoms with Gasteiger partial charge in [0.2, 0.25) is 5.78 Å². The zero-order valence-electron chi connectivity index (χ0n) is 13.4. The van der Waals surface area contributed by atoms with Crippen molar-refractivity contribution in [2.24, 2.45) is 17.3 Å². The molecule has 2 heterocycles. The van der Waals surface area contributed by atoms with Crippen molar-refractivity contribution in [1.29, 1.82) is 0 Å². The first kappa shape index (κ1) is 16.3. The van der Waals surface area contributed by atoms with Crippen LogP contribution < -0.4 is 0 Å². The molecule has 24 heavy (non-hydrogen) atoms. The average Bonchev–Trinajstić information content (AvgIpc) is 2.83. The first-order valence-electron chi connectivity index (χ1n) is 7.55. The molecule has 1 aromatic heterocycles. The number of halogens is 1. The van der Waals surface area contributed by atoms with Crippen molar-refractivity contribution in [3.8, 4) is 0 Å². The third kappa shape index (κ3) is 3.21. The van der Waals surface area contributed by atoms with E-state index in [9.17, 15) is 9.59 Å². The van der Waals surface area contributed by atoms with Crippen LogP contribution in [0.4, 0.5) is 0 Å². The van der Waals surface area contributed by atoms with Crippen molar-refractivity contribution in [3.63, 3.8) is 0 Å². The van der Waals surface area contributed by atoms with Gasteiger partial charge in [0.15, 0.2) is 0 Å². The Balaban J connectivity index is 1.89. The Hall–Kier alpha value is -2.53. The van der Waals surface area contributed by atoms with Gasteiger partial charge in [-0.3, -0.25) is 9.59 Å². The number of rotatable bonds is 4. The second-order valence-corrected chi connectivity index (χ2v) is 6.17. The van der Waals surface area contributed by atoms with E-state index >= 15 is 0 Å². The van der Waals surface area contributed by atoms with Crippen LogP contribution in [0.5, 0.6) is 0 Å². The van der Waals surface area contributed by atoms with Gasteiger partial charge in [-0.05, 0) is 42.8 Å². The van der Waals surface area contributed by atoms with Gasteiger partial charge in [0.25, 0.3) is 5.91 Å². The number of carbonyl (C=O) groups is 2. The predicted octanol–water partition coefficient (Wildman–Crippen LogP) is 4.03. The molecule has 0 saturated heterocycles. The highest BCUT2D eigenvalue weighted by Crippen LogP contribution is 2.22. The van der Waals surface area contributed by atoms with Crippen molar-refractivity contribution in [2.45, 2.75) is 19.8 Å². The lowest BCUT2D eigenvalue weighted by Crippen LogP contribution is -2.11. The maximum atomic E-state index is 12.8. The first-order chi connectivity index (χ1) is 11.5. The third-order valence-electron chi connectivity index (χ3n) is 4.01. The molecule has 0 saturated carbocycles. The van der Waals surface area contributed by atoms with Crippen molar-refractivity contribution in [1.82, 2.24) is 4.57 Å². The summed E-state index contributed by atoms with van der Waals surface area (Å²) in [7, 11) is 1.86. The van der Waals surface area contributed by atoms with Crippen molar-refractivity contribution in [3.05, 3.63) is 69.6 Å². The zero-order chi connectivity index (χ0) is 17.3. The summed E-state index contributed by atoms with van der Waals surface area (Å²) in [5.74, 6) is -0.284. The van der Waals surface area contributed by atoms with Gasteiger partial charge < -0.3 is 4.57 Å². The summed E-state index contributed by atoms with van der Waals surface area (Å²) in [6, 6.07) is 8.83. The molecule has 0 fully saturated rings. The van der Waals surface area contributed by atoms with Crippen molar-refractivity contribution >= 4 is 23.3 Å². The molecule has 0 aliphatic carbocycles. The highest BCUT2D eigenvalue weighted by molar-refractivity contribution is 6.30. The van der Waals surface area contributed by atoms with Crippen LogP contribution in [0.1, 0.15) is 33.7 Å². The Kier molecular flexibility index (Phi) is 4.44. The van der Waals surface area contributed by atoms with Crippen LogP contribution in [-0.2, 0) is 18.3 Å². The summed E-state index contributed by atoms with van der Waals surface area (Å²) >= 11 is 5.88. The van der Waals surface area contributed by atoms with Gasteiger partial charge in [0.05, 0.1) is 17.8 Å². The molecule has 122 valence electrons. The molecular weight excluding hydrogens is 326 g/mol. The monoisotopic (exact) mass is 341 g/mol. The minimum atomic E-state index is -0.236. The number of aryl methyl sites for hydroxylation is 1. The fourth-order valence-corrected chi connectivity index (χ4v) is 2.89. The van der Waals surface area contributed by atoms with E-state index in [1.54, 1.807) is 30.3 Å². The van der Waals surface area contributed by atoms with Crippen LogP contribution in [0.2, 0.25) is 5.02 Å². The Bertz CT molecular complexity index is 876. The molecule has 6 heteroatoms. The van der Waals surface area contributed by atoms with Crippen LogP contribution in [0.3, 0.4) is 0 Å². The third-order valence-corrected chi connectivity index (χ3v) is 4.26. The summed E-state index contributed by atoms with van der Waals surface area (Å²) < 4.78 is 1.87. The lowest BCUT2D eigenvalue weighted by Gasteiger charge is -2.09. The van der Waals surface area contributed by atoms with E-state index in [1.165, 1.54) is 0 Å². The number of carbonyl (C=O) groups excluding carboxylic acids is 2. The van der Waals surface area contributed by atoms with E-state index in [0.717, 1.165) is 17.0 Å². The SMILES string of the molecule is Cc1cc(CC2=CCC(=O)N=N2)n(C)c1C(=O)c1ccc(Cl)cc1. The molecule has 1 aromatic carbocycles. The Morgan fingerprint density at radius 1 is 1.25 bits per heavy atom. The van der Waals surface area contributed by atoms with Crippen LogP contribution in [0.25, 0.3) is 0 Å². The molecule has 5 nitrogen and oxygen atoms in total. The minimum Gasteiger partial charge on any atom is -0.344 e. The molecule has 1 aliphatic rings. The minimum absolute atomic E-state index is 0.0488. The number of hydrogen-bond acceptors (Lipinski definition) is 3. The molecule has 0 radical (unpaired) electrons. The fourth-order valence-electron chi connectivity index (χ4n) is 2.76. The average molecular weight is 342 g/mol. The second kappa shape index (κ2) is 6.53. The highest BCUT2D eigenvalue weighted by Gasteiger charge is 2.19. The lowest BCUT2D eigenvalue weighted by molar-refractivity contribution is -0.117. The number of hydrogen-bond donors (Lipinski definition) is 0. The van der Waals surface area contributed by atoms with Crippen LogP contribution in [0.15, 0.2) is 52.3 Å². The number of aromatic nitrogens is 1. The fraction of sp³-hybridized carbons (Fsp3) is 0.222. The molecule has 1 aliphatic heterocycles. The Labute approximate surface area is 144 Å². The van der Waals surface area contributed by atoms with Crippen LogP contribution in [-0.4, -0.2) is 16.3 Å². The van der Waals surface area contributed by atoms with Gasteiger partial charge in [-0.1, -0.05) is 17.7 Å². The number of nitrogens with zero attached hydrogens (tertiary/aromatic N) is 3. The number of azo groups is 1. The molecule has 0 atom stereocenters. The number of ketones is 1. The standard InChI is InChI=1S/C18H16ClN3O2/c1-11-9-15(10-14-7-8-16(23)21-20-14)22(2)17(11)18(24)12-3-5-13(19)6-4-12/h3-7,9H,8,10H2,1-2H3. The first-order valence-corrected chi connectivity index (χ1v) is 7.92. The van der Waals surface area contributed by atoms with Gasteiger partial charge in [-0.15, -0.1) is 5.11 Å². The molecule has 2 aromatic rings. The van der Waals surface area contributed by atoms with E-state index in [-0.39, 0.29) is 18.1 Å². The van der Waals surface area contributed by atoms with E-state index < -0.39 is 0 Å². The molecule has 0 bridgehead atoms. The summed E-state index contributed by atoms with van der Waals surface area (Å²) in [4.78, 5) is 23.9. The van der Waals surface area contributed by atoms with E-state index in [0.29, 0.717) is 22.7 Å². The van der Waals surface area contributed by atoms with Gasteiger partial charge >= 0.3 is 0 Å². The molecule has 3 rings (SSSR count). The molecule has 0 N–H and O–H groups in total. The highest BCUT2D eigenvalue weighted by atomic mass is 35.5. The van der Waals surface area contributed by atoms with Gasteiger partial charge in [0.1, 0.15) is 0 Å². The molecule has 0 spiro atoms. The zero-order valence-corrected chi connectivity index (χ0v) is 14.2. The van der Waals surface area contributed by atoms with Crippen molar-refractivity contribution in [2.75, 3.05) is 0 Å². The topological polar surface area (TPSA) is 63.8 Å². The van der Waals surface area contributed by atoms with Gasteiger partial charge in [0, 0.05) is 29.7 Å². The van der Waals surface area contributed by atoms with Gasteiger partial charge in [-0.2, -0.15) is 5.11 Å². The van der Waals surface area contributed by atoms with E-state index in [2.05, 4.69) is 10.2 Å². The van der Waals surface area contributed by atoms with Crippen LogP contribution in [0, 0.1) is 6.92 Å². The molecule has 1 amide bonds. The molecular formula is C18H16ClN3O2. The predicted molar refractivity (Wildman–Crippen MR) is 91.3 cm³/mol. The Morgan fingerprint density at radius 2 is 1.96 bits per heavy atom. The normalized spacial score (nSPS) is 14.0. The summed E-state index contributed by atoms with van der Waals surface area (Å²) in [5, 5.41) is 8.11. The van der Waals surface area contributed by atoms with Gasteiger partial charge in [-0.25, -0.2) is 0 Å². The van der Waals surface area contributed by atoms with E-state index in [1.807, 2.05) is 24.6 Å². The number of amides is 1. The quantitative estimate of drug-likeness (QED) is 0.788. The summed E-state index contributed by atoms with van der Waals surface area (Å²) in [5.41, 5.74) is 3.82. The Morgan fingerprint density at radius 3 is 2.58 bits per heavy atom. The summed E-state index contributed by atoms with van der Waals surface area (Å²) in [6.07, 6.45) is 2.58. The largest absolute Gasteiger partial charge is 0.344 e. The van der Waals surface area contributed by atoms with Crippen LogP contribution >= 0.6 is 11.6 Å². The van der Waals surface area contributed by atoms with Crippen molar-refractivity contribution < 1.29 is 9.59 Å². The summed E-state index contributed by atoms with van der Waals surface area (Å²) in [6.45, 7) is 1.91. The number of allylic oxidation sites excluding steroid dienone is 1. The second-order valence-electron chi connectivity index (χ2n) is 5.73.